The van der Waals surface area contributed by atoms with E-state index < -0.39 is 0 Å². The number of aromatic nitrogens is 2. The molecule has 0 fully saturated rings. The number of hydrogen-bond acceptors (Lipinski definition) is 3. The van der Waals surface area contributed by atoms with Crippen molar-refractivity contribution in [2.24, 2.45) is 0 Å². The SMILES string of the molecule is CCCn1cncc1COc1ccc(CNCC)cc1Br. The highest BCUT2D eigenvalue weighted by Crippen LogP contribution is 2.26. The predicted molar refractivity (Wildman–Crippen MR) is 88.4 cm³/mol. The lowest BCUT2D eigenvalue weighted by molar-refractivity contribution is 0.292. The van der Waals surface area contributed by atoms with Crippen molar-refractivity contribution in [1.82, 2.24) is 14.9 Å². The lowest BCUT2D eigenvalue weighted by Gasteiger charge is -2.11. The predicted octanol–water partition coefficient (Wildman–Crippen LogP) is 3.74. The van der Waals surface area contributed by atoms with Gasteiger partial charge >= 0.3 is 0 Å². The van der Waals surface area contributed by atoms with Crippen molar-refractivity contribution in [2.45, 2.75) is 40.0 Å². The van der Waals surface area contributed by atoms with Crippen LogP contribution < -0.4 is 10.1 Å². The van der Waals surface area contributed by atoms with E-state index >= 15 is 0 Å². The summed E-state index contributed by atoms with van der Waals surface area (Å²) in [6, 6.07) is 6.20. The van der Waals surface area contributed by atoms with Gasteiger partial charge in [-0.05, 0) is 46.6 Å². The normalized spacial score (nSPS) is 10.8. The Labute approximate surface area is 134 Å². The highest BCUT2D eigenvalue weighted by Gasteiger charge is 2.06. The van der Waals surface area contributed by atoms with Crippen molar-refractivity contribution in [1.29, 1.82) is 0 Å². The van der Waals surface area contributed by atoms with Gasteiger partial charge in [0.2, 0.25) is 0 Å². The summed E-state index contributed by atoms with van der Waals surface area (Å²) in [5, 5.41) is 3.31. The van der Waals surface area contributed by atoms with Gasteiger partial charge in [0, 0.05) is 13.1 Å². The average Bonchev–Trinajstić information content (AvgIpc) is 2.92. The van der Waals surface area contributed by atoms with E-state index in [2.05, 4.69) is 56.8 Å². The Hall–Kier alpha value is -1.33. The lowest BCUT2D eigenvalue weighted by Crippen LogP contribution is -2.11. The van der Waals surface area contributed by atoms with E-state index in [1.165, 1.54) is 5.56 Å². The molecular formula is C16H22BrN3O. The number of rotatable bonds is 8. The fraction of sp³-hybridized carbons (Fsp3) is 0.438. The van der Waals surface area contributed by atoms with Gasteiger partial charge in [-0.3, -0.25) is 0 Å². The third-order valence-electron chi connectivity index (χ3n) is 3.21. The highest BCUT2D eigenvalue weighted by atomic mass is 79.9. The van der Waals surface area contributed by atoms with E-state index in [0.717, 1.165) is 42.0 Å². The largest absolute Gasteiger partial charge is 0.486 e. The Kier molecular flexibility index (Phi) is 6.26. The summed E-state index contributed by atoms with van der Waals surface area (Å²) in [5.41, 5.74) is 2.34. The van der Waals surface area contributed by atoms with Gasteiger partial charge in [-0.2, -0.15) is 0 Å². The smallest absolute Gasteiger partial charge is 0.134 e. The summed E-state index contributed by atoms with van der Waals surface area (Å²) in [6.07, 6.45) is 4.81. The first-order valence-electron chi connectivity index (χ1n) is 7.35. The first-order valence-corrected chi connectivity index (χ1v) is 8.14. The third-order valence-corrected chi connectivity index (χ3v) is 3.83. The molecule has 4 nitrogen and oxygen atoms in total. The average molecular weight is 352 g/mol. The zero-order chi connectivity index (χ0) is 15.1. The lowest BCUT2D eigenvalue weighted by atomic mass is 10.2. The van der Waals surface area contributed by atoms with E-state index in [1.54, 1.807) is 0 Å². The first-order chi connectivity index (χ1) is 10.2. The number of halogens is 1. The van der Waals surface area contributed by atoms with Crippen molar-refractivity contribution < 1.29 is 4.74 Å². The molecule has 2 aromatic rings. The van der Waals surface area contributed by atoms with E-state index in [4.69, 9.17) is 4.74 Å². The van der Waals surface area contributed by atoms with Crippen LogP contribution in [0.15, 0.2) is 35.2 Å². The molecule has 0 spiro atoms. The van der Waals surface area contributed by atoms with Crippen LogP contribution >= 0.6 is 15.9 Å². The second kappa shape index (κ2) is 8.20. The van der Waals surface area contributed by atoms with Crippen LogP contribution in [0.2, 0.25) is 0 Å². The number of aryl methyl sites for hydroxylation is 1. The monoisotopic (exact) mass is 351 g/mol. The molecule has 0 saturated carbocycles. The van der Waals surface area contributed by atoms with Gasteiger partial charge in [-0.1, -0.05) is 19.9 Å². The van der Waals surface area contributed by atoms with Gasteiger partial charge in [0.25, 0.3) is 0 Å². The van der Waals surface area contributed by atoms with Gasteiger partial charge in [0.05, 0.1) is 22.7 Å². The molecule has 21 heavy (non-hydrogen) atoms. The minimum absolute atomic E-state index is 0.533. The number of imidazole rings is 1. The van der Waals surface area contributed by atoms with Gasteiger partial charge < -0.3 is 14.6 Å². The van der Waals surface area contributed by atoms with E-state index in [0.29, 0.717) is 6.61 Å². The van der Waals surface area contributed by atoms with Crippen LogP contribution in [0.5, 0.6) is 5.75 Å². The van der Waals surface area contributed by atoms with E-state index in [9.17, 15) is 0 Å². The van der Waals surface area contributed by atoms with Crippen LogP contribution in [0.3, 0.4) is 0 Å². The zero-order valence-corrected chi connectivity index (χ0v) is 14.2. The topological polar surface area (TPSA) is 39.1 Å². The Morgan fingerprint density at radius 1 is 1.33 bits per heavy atom. The first kappa shape index (κ1) is 16.0. The Bertz CT molecular complexity index is 568. The second-order valence-electron chi connectivity index (χ2n) is 4.91. The van der Waals surface area contributed by atoms with Crippen LogP contribution in [0.1, 0.15) is 31.5 Å². The summed E-state index contributed by atoms with van der Waals surface area (Å²) in [4.78, 5) is 4.19. The Morgan fingerprint density at radius 2 is 2.19 bits per heavy atom. The summed E-state index contributed by atoms with van der Waals surface area (Å²) in [5.74, 6) is 0.861. The molecule has 0 bridgehead atoms. The summed E-state index contributed by atoms with van der Waals surface area (Å²) < 4.78 is 9.02. The minimum Gasteiger partial charge on any atom is -0.486 e. The molecule has 2 rings (SSSR count). The van der Waals surface area contributed by atoms with Crippen LogP contribution in [0, 0.1) is 0 Å². The molecule has 1 aromatic heterocycles. The summed E-state index contributed by atoms with van der Waals surface area (Å²) in [6.45, 7) is 7.61. The fourth-order valence-electron chi connectivity index (χ4n) is 2.10. The van der Waals surface area contributed by atoms with Gasteiger partial charge in [0.1, 0.15) is 12.4 Å². The molecular weight excluding hydrogens is 330 g/mol. The molecule has 0 amide bonds. The third kappa shape index (κ3) is 4.58. The molecule has 0 saturated heterocycles. The van der Waals surface area contributed by atoms with Crippen molar-refractivity contribution in [3.63, 3.8) is 0 Å². The maximum absolute atomic E-state index is 5.90. The summed E-state index contributed by atoms with van der Waals surface area (Å²) in [7, 11) is 0. The van der Waals surface area contributed by atoms with Gasteiger partial charge in [-0.25, -0.2) is 4.98 Å². The molecule has 5 heteroatoms. The van der Waals surface area contributed by atoms with Crippen molar-refractivity contribution in [2.75, 3.05) is 6.54 Å². The molecule has 0 radical (unpaired) electrons. The summed E-state index contributed by atoms with van der Waals surface area (Å²) >= 11 is 3.58. The standard InChI is InChI=1S/C16H22BrN3O/c1-3-7-20-12-19-10-14(20)11-21-16-6-5-13(8-15(16)17)9-18-4-2/h5-6,8,10,12,18H,3-4,7,9,11H2,1-2H3. The zero-order valence-electron chi connectivity index (χ0n) is 12.6. The number of nitrogens with one attached hydrogen (secondary N) is 1. The van der Waals surface area contributed by atoms with Crippen molar-refractivity contribution in [3.05, 3.63) is 46.5 Å². The number of benzene rings is 1. The van der Waals surface area contributed by atoms with Crippen LogP contribution in [0.25, 0.3) is 0 Å². The molecule has 1 heterocycles. The molecule has 1 N–H and O–H groups in total. The van der Waals surface area contributed by atoms with Crippen molar-refractivity contribution >= 4 is 15.9 Å². The molecule has 0 aliphatic rings. The number of hydrogen-bond donors (Lipinski definition) is 1. The molecule has 1 aromatic carbocycles. The van der Waals surface area contributed by atoms with Crippen LogP contribution in [0.4, 0.5) is 0 Å². The van der Waals surface area contributed by atoms with Gasteiger partial charge in [-0.15, -0.1) is 0 Å². The number of ether oxygens (including phenoxy) is 1. The minimum atomic E-state index is 0.533. The maximum atomic E-state index is 5.90. The Morgan fingerprint density at radius 3 is 2.90 bits per heavy atom. The molecule has 114 valence electrons. The second-order valence-corrected chi connectivity index (χ2v) is 5.77. The molecule has 0 atom stereocenters. The maximum Gasteiger partial charge on any atom is 0.134 e. The molecule has 0 aliphatic carbocycles. The highest BCUT2D eigenvalue weighted by molar-refractivity contribution is 9.10. The van der Waals surface area contributed by atoms with Crippen LogP contribution in [-0.4, -0.2) is 16.1 Å². The quantitative estimate of drug-likeness (QED) is 0.787. The fourth-order valence-corrected chi connectivity index (χ4v) is 2.64. The van der Waals surface area contributed by atoms with Crippen molar-refractivity contribution in [3.8, 4) is 5.75 Å². The van der Waals surface area contributed by atoms with E-state index in [-0.39, 0.29) is 0 Å². The van der Waals surface area contributed by atoms with E-state index in [1.807, 2.05) is 18.6 Å². The molecule has 0 aliphatic heterocycles. The van der Waals surface area contributed by atoms with Crippen LogP contribution in [-0.2, 0) is 19.7 Å². The molecule has 0 unspecified atom stereocenters. The number of nitrogens with zero attached hydrogens (tertiary/aromatic N) is 2. The van der Waals surface area contributed by atoms with Gasteiger partial charge in [0.15, 0.2) is 0 Å². The Balaban J connectivity index is 1.98.